The minimum Gasteiger partial charge on any atom is -0.395 e. The van der Waals surface area contributed by atoms with E-state index in [4.69, 9.17) is 0 Å². The zero-order chi connectivity index (χ0) is 11.5. The van der Waals surface area contributed by atoms with Crippen LogP contribution in [-0.4, -0.2) is 72.9 Å². The highest BCUT2D eigenvalue weighted by Gasteiger charge is 2.28. The van der Waals surface area contributed by atoms with Gasteiger partial charge in [0.05, 0.1) is 6.61 Å². The maximum absolute atomic E-state index is 9.37. The number of aliphatic hydroxyl groups excluding tert-OH is 1. The van der Waals surface area contributed by atoms with Gasteiger partial charge in [0.25, 0.3) is 0 Å². The lowest BCUT2D eigenvalue weighted by Gasteiger charge is -2.39. The molecule has 4 heteroatoms. The number of rotatable bonds is 5. The first kappa shape index (κ1) is 12.3. The molecule has 2 N–H and O–H groups in total. The Morgan fingerprint density at radius 1 is 1.38 bits per heavy atom. The largest absolute Gasteiger partial charge is 0.395 e. The van der Waals surface area contributed by atoms with E-state index in [1.807, 2.05) is 0 Å². The zero-order valence-electron chi connectivity index (χ0n) is 10.5. The van der Waals surface area contributed by atoms with E-state index in [1.54, 1.807) is 0 Å². The van der Waals surface area contributed by atoms with E-state index in [2.05, 4.69) is 29.1 Å². The second-order valence-corrected chi connectivity index (χ2v) is 5.43. The van der Waals surface area contributed by atoms with Gasteiger partial charge in [0.15, 0.2) is 0 Å². The van der Waals surface area contributed by atoms with Crippen LogP contribution in [0.3, 0.4) is 0 Å². The molecule has 0 radical (unpaired) electrons. The Balaban J connectivity index is 1.77. The average Bonchev–Trinajstić information content (AvgIpc) is 3.04. The summed E-state index contributed by atoms with van der Waals surface area (Å²) in [6.45, 7) is 6.94. The van der Waals surface area contributed by atoms with Crippen LogP contribution in [0.5, 0.6) is 0 Å². The van der Waals surface area contributed by atoms with Gasteiger partial charge in [-0.05, 0) is 26.8 Å². The molecule has 1 saturated heterocycles. The van der Waals surface area contributed by atoms with Gasteiger partial charge < -0.3 is 15.3 Å². The fourth-order valence-corrected chi connectivity index (χ4v) is 2.48. The van der Waals surface area contributed by atoms with Crippen LogP contribution < -0.4 is 5.32 Å². The maximum atomic E-state index is 9.37. The molecular formula is C12H25N3O. The fourth-order valence-electron chi connectivity index (χ4n) is 2.48. The minimum atomic E-state index is 0.259. The molecule has 0 amide bonds. The Hall–Kier alpha value is -0.160. The van der Waals surface area contributed by atoms with Gasteiger partial charge in [0, 0.05) is 44.3 Å². The highest BCUT2D eigenvalue weighted by Crippen LogP contribution is 2.19. The molecule has 2 atom stereocenters. The van der Waals surface area contributed by atoms with Gasteiger partial charge in [-0.3, -0.25) is 4.90 Å². The van der Waals surface area contributed by atoms with Crippen LogP contribution in [0, 0.1) is 0 Å². The summed E-state index contributed by atoms with van der Waals surface area (Å²) in [6, 6.07) is 1.55. The molecule has 0 aromatic rings. The molecular weight excluding hydrogens is 202 g/mol. The van der Waals surface area contributed by atoms with Gasteiger partial charge in [-0.15, -0.1) is 0 Å². The lowest BCUT2D eigenvalue weighted by atomic mass is 10.1. The van der Waals surface area contributed by atoms with Crippen LogP contribution in [0.25, 0.3) is 0 Å². The summed E-state index contributed by atoms with van der Waals surface area (Å²) in [7, 11) is 2.18. The second-order valence-electron chi connectivity index (χ2n) is 5.43. The van der Waals surface area contributed by atoms with Crippen LogP contribution >= 0.6 is 0 Å². The molecule has 2 rings (SSSR count). The molecule has 1 heterocycles. The Labute approximate surface area is 98.6 Å². The molecule has 1 aliphatic heterocycles. The van der Waals surface area contributed by atoms with Crippen LogP contribution in [0.15, 0.2) is 0 Å². The Morgan fingerprint density at radius 3 is 2.69 bits per heavy atom. The number of aliphatic hydroxyl groups is 1. The normalized spacial score (nSPS) is 30.6. The topological polar surface area (TPSA) is 38.7 Å². The van der Waals surface area contributed by atoms with Gasteiger partial charge >= 0.3 is 0 Å². The Morgan fingerprint density at radius 2 is 2.12 bits per heavy atom. The van der Waals surface area contributed by atoms with Gasteiger partial charge in [0.1, 0.15) is 0 Å². The SMILES string of the molecule is CC1CN(C)CCN1CC(CO)NC1CC1. The molecule has 2 unspecified atom stereocenters. The van der Waals surface area contributed by atoms with Crippen molar-refractivity contribution in [1.82, 2.24) is 15.1 Å². The van der Waals surface area contributed by atoms with Crippen molar-refractivity contribution in [2.75, 3.05) is 39.8 Å². The summed E-state index contributed by atoms with van der Waals surface area (Å²) in [5, 5.41) is 12.9. The summed E-state index contributed by atoms with van der Waals surface area (Å²) in [4.78, 5) is 4.87. The number of nitrogens with zero attached hydrogens (tertiary/aromatic N) is 2. The van der Waals surface area contributed by atoms with E-state index < -0.39 is 0 Å². The van der Waals surface area contributed by atoms with Crippen LogP contribution in [-0.2, 0) is 0 Å². The third-order valence-electron chi connectivity index (χ3n) is 3.69. The fraction of sp³-hybridized carbons (Fsp3) is 1.00. The summed E-state index contributed by atoms with van der Waals surface area (Å²) >= 11 is 0. The van der Waals surface area contributed by atoms with E-state index in [9.17, 15) is 5.11 Å². The number of likely N-dealkylation sites (N-methyl/N-ethyl adjacent to an activating group) is 1. The lowest BCUT2D eigenvalue weighted by molar-refractivity contribution is 0.0798. The molecule has 0 aromatic carbocycles. The van der Waals surface area contributed by atoms with Gasteiger partial charge in [-0.25, -0.2) is 0 Å². The Bertz CT molecular complexity index is 220. The van der Waals surface area contributed by atoms with E-state index in [-0.39, 0.29) is 12.6 Å². The highest BCUT2D eigenvalue weighted by atomic mass is 16.3. The predicted octanol–water partition coefficient (Wildman–Crippen LogP) is -0.265. The smallest absolute Gasteiger partial charge is 0.0597 e. The Kier molecular flexibility index (Phi) is 4.19. The van der Waals surface area contributed by atoms with Crippen molar-refractivity contribution in [1.29, 1.82) is 0 Å². The molecule has 1 saturated carbocycles. The average molecular weight is 227 g/mol. The van der Waals surface area contributed by atoms with Crippen molar-refractivity contribution < 1.29 is 5.11 Å². The number of piperazine rings is 1. The van der Waals surface area contributed by atoms with Crippen molar-refractivity contribution in [3.8, 4) is 0 Å². The van der Waals surface area contributed by atoms with Crippen molar-refractivity contribution in [2.24, 2.45) is 0 Å². The number of hydrogen-bond acceptors (Lipinski definition) is 4. The molecule has 0 aromatic heterocycles. The molecule has 4 nitrogen and oxygen atoms in total. The zero-order valence-corrected chi connectivity index (χ0v) is 10.5. The van der Waals surface area contributed by atoms with E-state index in [1.165, 1.54) is 12.8 Å². The van der Waals surface area contributed by atoms with Gasteiger partial charge in [-0.2, -0.15) is 0 Å². The summed E-state index contributed by atoms with van der Waals surface area (Å²) in [6.07, 6.45) is 2.57. The standard InChI is InChI=1S/C12H25N3O/c1-10-7-14(2)5-6-15(10)8-12(9-16)13-11-3-4-11/h10-13,16H,3-9H2,1-2H3. The second kappa shape index (κ2) is 5.45. The molecule has 16 heavy (non-hydrogen) atoms. The number of hydrogen-bond donors (Lipinski definition) is 2. The maximum Gasteiger partial charge on any atom is 0.0597 e. The third kappa shape index (κ3) is 3.42. The monoisotopic (exact) mass is 227 g/mol. The minimum absolute atomic E-state index is 0.259. The van der Waals surface area contributed by atoms with E-state index >= 15 is 0 Å². The van der Waals surface area contributed by atoms with Gasteiger partial charge in [0.2, 0.25) is 0 Å². The molecule has 2 aliphatic rings. The quantitative estimate of drug-likeness (QED) is 0.678. The van der Waals surface area contributed by atoms with E-state index in [0.717, 1.165) is 26.2 Å². The first-order valence-electron chi connectivity index (χ1n) is 6.48. The van der Waals surface area contributed by atoms with Crippen LogP contribution in [0.2, 0.25) is 0 Å². The van der Waals surface area contributed by atoms with Crippen molar-refractivity contribution >= 4 is 0 Å². The number of nitrogens with one attached hydrogen (secondary N) is 1. The van der Waals surface area contributed by atoms with Crippen molar-refractivity contribution in [3.05, 3.63) is 0 Å². The molecule has 2 fully saturated rings. The highest BCUT2D eigenvalue weighted by molar-refractivity contribution is 4.87. The van der Waals surface area contributed by atoms with Crippen molar-refractivity contribution in [2.45, 2.75) is 37.9 Å². The van der Waals surface area contributed by atoms with Gasteiger partial charge in [-0.1, -0.05) is 0 Å². The molecule has 0 spiro atoms. The molecule has 94 valence electrons. The summed E-state index contributed by atoms with van der Waals surface area (Å²) < 4.78 is 0. The predicted molar refractivity (Wildman–Crippen MR) is 65.6 cm³/mol. The molecule has 1 aliphatic carbocycles. The summed E-state index contributed by atoms with van der Waals surface area (Å²) in [5.41, 5.74) is 0. The first-order valence-corrected chi connectivity index (χ1v) is 6.48. The first-order chi connectivity index (χ1) is 7.69. The van der Waals surface area contributed by atoms with Crippen LogP contribution in [0.4, 0.5) is 0 Å². The van der Waals surface area contributed by atoms with Crippen molar-refractivity contribution in [3.63, 3.8) is 0 Å². The van der Waals surface area contributed by atoms with E-state index in [0.29, 0.717) is 12.1 Å². The summed E-state index contributed by atoms with van der Waals surface area (Å²) in [5.74, 6) is 0. The lowest BCUT2D eigenvalue weighted by Crippen LogP contribution is -2.55. The van der Waals surface area contributed by atoms with Crippen LogP contribution in [0.1, 0.15) is 19.8 Å². The molecule has 0 bridgehead atoms. The third-order valence-corrected chi connectivity index (χ3v) is 3.69.